The average molecular weight is 365 g/mol. The summed E-state index contributed by atoms with van der Waals surface area (Å²) in [6.07, 6.45) is -3.94. The maximum atomic E-state index is 12.7. The summed E-state index contributed by atoms with van der Waals surface area (Å²) in [7, 11) is 1.31. The van der Waals surface area contributed by atoms with E-state index in [0.29, 0.717) is 19.4 Å². The third-order valence-electron chi connectivity index (χ3n) is 4.73. The van der Waals surface area contributed by atoms with E-state index >= 15 is 0 Å². The van der Waals surface area contributed by atoms with Gasteiger partial charge in [0.05, 0.1) is 0 Å². The molecule has 2 heterocycles. The van der Waals surface area contributed by atoms with Crippen molar-refractivity contribution in [2.75, 3.05) is 13.7 Å². The predicted octanol–water partition coefficient (Wildman–Crippen LogP) is -0.186. The molecule has 26 heavy (non-hydrogen) atoms. The molecule has 0 saturated carbocycles. The molecule has 0 bridgehead atoms. The molecule has 0 aliphatic carbocycles. The van der Waals surface area contributed by atoms with Gasteiger partial charge in [0.25, 0.3) is 5.91 Å². The number of nitrogens with zero attached hydrogens (tertiary/aromatic N) is 1. The van der Waals surface area contributed by atoms with Gasteiger partial charge in [0.1, 0.15) is 24.9 Å². The van der Waals surface area contributed by atoms with Crippen LogP contribution in [0.15, 0.2) is 30.3 Å². The summed E-state index contributed by atoms with van der Waals surface area (Å²) >= 11 is 0. The Morgan fingerprint density at radius 1 is 1.23 bits per heavy atom. The maximum absolute atomic E-state index is 12.7. The molecular weight excluding hydrogens is 342 g/mol. The number of aliphatic hydroxyl groups excluding tert-OH is 2. The molecule has 5 atom stereocenters. The molecule has 2 aliphatic heterocycles. The van der Waals surface area contributed by atoms with E-state index < -0.39 is 42.5 Å². The third-order valence-corrected chi connectivity index (χ3v) is 4.73. The number of aliphatic hydroxyl groups is 2. The largest absolute Gasteiger partial charge is 0.459 e. The predicted molar refractivity (Wildman–Crippen MR) is 88.7 cm³/mol. The van der Waals surface area contributed by atoms with Gasteiger partial charge in [0, 0.05) is 13.7 Å². The second kappa shape index (κ2) is 8.13. The molecule has 2 N–H and O–H groups in total. The lowest BCUT2D eigenvalue weighted by Gasteiger charge is -2.26. The summed E-state index contributed by atoms with van der Waals surface area (Å²) < 4.78 is 15.5. The Kier molecular flexibility index (Phi) is 5.87. The molecule has 3 rings (SSSR count). The van der Waals surface area contributed by atoms with Crippen LogP contribution in [0.4, 0.5) is 0 Å². The Balaban J connectivity index is 1.62. The van der Waals surface area contributed by atoms with E-state index in [1.807, 2.05) is 30.3 Å². The van der Waals surface area contributed by atoms with Gasteiger partial charge < -0.3 is 29.3 Å². The van der Waals surface area contributed by atoms with Crippen molar-refractivity contribution in [3.05, 3.63) is 35.9 Å². The Labute approximate surface area is 151 Å². The number of ether oxygens (including phenoxy) is 3. The summed E-state index contributed by atoms with van der Waals surface area (Å²) in [5.74, 6) is -1.04. The molecule has 1 amide bonds. The first-order valence-corrected chi connectivity index (χ1v) is 8.58. The van der Waals surface area contributed by atoms with Crippen LogP contribution in [-0.2, 0) is 30.4 Å². The van der Waals surface area contributed by atoms with Crippen molar-refractivity contribution >= 4 is 11.9 Å². The van der Waals surface area contributed by atoms with Gasteiger partial charge >= 0.3 is 5.97 Å². The first-order valence-electron chi connectivity index (χ1n) is 8.58. The molecule has 0 unspecified atom stereocenters. The summed E-state index contributed by atoms with van der Waals surface area (Å²) in [5.41, 5.74) is 0.859. The van der Waals surface area contributed by atoms with Crippen LogP contribution in [0.2, 0.25) is 0 Å². The van der Waals surface area contributed by atoms with E-state index in [0.717, 1.165) is 5.56 Å². The van der Waals surface area contributed by atoms with Crippen LogP contribution in [0.25, 0.3) is 0 Å². The smallest absolute Gasteiger partial charge is 0.329 e. The highest BCUT2D eigenvalue weighted by Crippen LogP contribution is 2.27. The first-order chi connectivity index (χ1) is 12.5. The monoisotopic (exact) mass is 365 g/mol. The van der Waals surface area contributed by atoms with Gasteiger partial charge in [0.2, 0.25) is 0 Å². The Hall–Kier alpha value is -2.00. The van der Waals surface area contributed by atoms with Crippen LogP contribution in [0.5, 0.6) is 0 Å². The SMILES string of the molecule is CO[C@@H]1O[C@H](C(=O)N2CCC[C@H]2C(=O)OCc2ccccc2)[C@@H](O)[C@H]1O. The zero-order valence-electron chi connectivity index (χ0n) is 14.5. The molecule has 0 spiro atoms. The molecular formula is C18H23NO7. The quantitative estimate of drug-likeness (QED) is 0.697. The lowest BCUT2D eigenvalue weighted by Crippen LogP contribution is -2.49. The van der Waals surface area contributed by atoms with Crippen molar-refractivity contribution in [3.8, 4) is 0 Å². The molecule has 1 aromatic carbocycles. The van der Waals surface area contributed by atoms with Crippen molar-refractivity contribution in [1.29, 1.82) is 0 Å². The van der Waals surface area contributed by atoms with Crippen LogP contribution in [0, 0.1) is 0 Å². The van der Waals surface area contributed by atoms with Gasteiger partial charge in [-0.2, -0.15) is 0 Å². The summed E-state index contributed by atoms with van der Waals surface area (Å²) in [4.78, 5) is 26.5. The second-order valence-corrected chi connectivity index (χ2v) is 6.42. The topological polar surface area (TPSA) is 106 Å². The van der Waals surface area contributed by atoms with E-state index in [1.165, 1.54) is 12.0 Å². The molecule has 2 fully saturated rings. The average Bonchev–Trinajstić information content (AvgIpc) is 3.26. The van der Waals surface area contributed by atoms with Crippen molar-refractivity contribution < 1.29 is 34.0 Å². The summed E-state index contributed by atoms with van der Waals surface area (Å²) in [6.45, 7) is 0.496. The number of amides is 1. The number of carbonyl (C=O) groups is 2. The molecule has 8 heteroatoms. The lowest BCUT2D eigenvalue weighted by atomic mass is 10.1. The van der Waals surface area contributed by atoms with E-state index in [2.05, 4.69) is 0 Å². The summed E-state index contributed by atoms with van der Waals surface area (Å²) in [5, 5.41) is 19.9. The minimum atomic E-state index is -1.41. The molecule has 1 aromatic rings. The van der Waals surface area contributed by atoms with Crippen molar-refractivity contribution in [2.45, 2.75) is 50.1 Å². The van der Waals surface area contributed by atoms with Crippen LogP contribution in [0.1, 0.15) is 18.4 Å². The molecule has 0 radical (unpaired) electrons. The lowest BCUT2D eigenvalue weighted by molar-refractivity contribution is -0.171. The van der Waals surface area contributed by atoms with Crippen molar-refractivity contribution in [2.24, 2.45) is 0 Å². The van der Waals surface area contributed by atoms with Gasteiger partial charge in [0.15, 0.2) is 12.4 Å². The van der Waals surface area contributed by atoms with Gasteiger partial charge in [-0.3, -0.25) is 4.79 Å². The molecule has 8 nitrogen and oxygen atoms in total. The number of rotatable bonds is 5. The molecule has 0 aromatic heterocycles. The minimum Gasteiger partial charge on any atom is -0.459 e. The van der Waals surface area contributed by atoms with E-state index in [4.69, 9.17) is 14.2 Å². The summed E-state index contributed by atoms with van der Waals surface area (Å²) in [6, 6.07) is 8.55. The normalized spacial score (nSPS) is 31.2. The molecule has 142 valence electrons. The Bertz CT molecular complexity index is 638. The number of likely N-dealkylation sites (tertiary alicyclic amines) is 1. The van der Waals surface area contributed by atoms with Gasteiger partial charge in [-0.05, 0) is 18.4 Å². The number of carbonyl (C=O) groups excluding carboxylic acids is 2. The highest BCUT2D eigenvalue weighted by Gasteiger charge is 2.50. The highest BCUT2D eigenvalue weighted by molar-refractivity contribution is 5.88. The van der Waals surface area contributed by atoms with Crippen molar-refractivity contribution in [1.82, 2.24) is 4.90 Å². The third kappa shape index (κ3) is 3.73. The van der Waals surface area contributed by atoms with E-state index in [-0.39, 0.29) is 6.61 Å². The fourth-order valence-electron chi connectivity index (χ4n) is 3.31. The first kappa shape index (κ1) is 18.8. The van der Waals surface area contributed by atoms with Gasteiger partial charge in [-0.15, -0.1) is 0 Å². The zero-order valence-corrected chi connectivity index (χ0v) is 14.5. The fraction of sp³-hybridized carbons (Fsp3) is 0.556. The van der Waals surface area contributed by atoms with Crippen molar-refractivity contribution in [3.63, 3.8) is 0 Å². The number of esters is 1. The number of hydrogen-bond acceptors (Lipinski definition) is 7. The minimum absolute atomic E-state index is 0.130. The van der Waals surface area contributed by atoms with Crippen LogP contribution >= 0.6 is 0 Å². The fourth-order valence-corrected chi connectivity index (χ4v) is 3.31. The van der Waals surface area contributed by atoms with Gasteiger partial charge in [-0.1, -0.05) is 30.3 Å². The Morgan fingerprint density at radius 2 is 1.96 bits per heavy atom. The Morgan fingerprint density at radius 3 is 2.62 bits per heavy atom. The van der Waals surface area contributed by atoms with E-state index in [1.54, 1.807) is 0 Å². The molecule has 2 aliphatic rings. The second-order valence-electron chi connectivity index (χ2n) is 6.42. The highest BCUT2D eigenvalue weighted by atomic mass is 16.7. The number of methoxy groups -OCH3 is 1. The zero-order chi connectivity index (χ0) is 18.7. The van der Waals surface area contributed by atoms with Crippen LogP contribution in [-0.4, -0.2) is 71.3 Å². The van der Waals surface area contributed by atoms with Crippen LogP contribution in [0.3, 0.4) is 0 Å². The number of hydrogen-bond donors (Lipinski definition) is 2. The van der Waals surface area contributed by atoms with E-state index in [9.17, 15) is 19.8 Å². The van der Waals surface area contributed by atoms with Gasteiger partial charge in [-0.25, -0.2) is 4.79 Å². The molecule has 2 saturated heterocycles. The van der Waals surface area contributed by atoms with Crippen LogP contribution < -0.4 is 0 Å². The maximum Gasteiger partial charge on any atom is 0.329 e. The standard InChI is InChI=1S/C18H23NO7/c1-24-18-14(21)13(20)15(26-18)16(22)19-9-5-8-12(19)17(23)25-10-11-6-3-2-4-7-11/h2-4,6-7,12-15,18,20-21H,5,8-10H2,1H3/t12-,13-,14+,15-,18+/m0/s1. The number of benzene rings is 1.